The molecule has 0 saturated carbocycles. The van der Waals surface area contributed by atoms with Crippen LogP contribution in [0.25, 0.3) is 0 Å². The van der Waals surface area contributed by atoms with Crippen molar-refractivity contribution in [3.05, 3.63) is 10.6 Å². The van der Waals surface area contributed by atoms with E-state index >= 15 is 0 Å². The molecule has 4 aliphatic rings. The van der Waals surface area contributed by atoms with Gasteiger partial charge in [-0.05, 0) is 19.8 Å². The number of aliphatic hydroxyl groups is 1. The summed E-state index contributed by atoms with van der Waals surface area (Å²) in [6.07, 6.45) is 0.807. The van der Waals surface area contributed by atoms with E-state index in [9.17, 15) is 29.4 Å². The van der Waals surface area contributed by atoms with Crippen LogP contribution in [0.4, 0.5) is 0 Å². The summed E-state index contributed by atoms with van der Waals surface area (Å²) in [5.74, 6) is -3.38. The lowest BCUT2D eigenvalue weighted by molar-refractivity contribution is -0.163. The first-order valence-electron chi connectivity index (χ1n) is 10.4. The molecule has 5 unspecified atom stereocenters. The number of carbonyl (C=O) groups is 4. The number of β-lactam (4-membered cyclic amide) rings is 1. The highest BCUT2D eigenvalue weighted by Gasteiger charge is 2.60. The van der Waals surface area contributed by atoms with E-state index in [0.29, 0.717) is 17.7 Å². The average molecular weight is 467 g/mol. The standard InChI is InChI=1S/C19H26N6O6S/c1-6-12-10(7(2)26)18(29)25(12)13(19(30)31)14(6)32-9-4-3-8(23-9)17(28)24-16-11(15(20)27)21-5-22-16/h5-12,16,23,26H,3-4H2,1-2H3,(H2,20,27)(H,21,22)(H,24,28)(H,30,31)/t6?,7-,8+,9+,10?,11?,12?,16?/m1/s1. The monoisotopic (exact) mass is 466 g/mol. The molecule has 2 saturated heterocycles. The molecule has 0 radical (unpaired) electrons. The Kier molecular flexibility index (Phi) is 5.90. The molecular weight excluding hydrogens is 440 g/mol. The normalized spacial score (nSPS) is 36.5. The maximum atomic E-state index is 12.6. The fourth-order valence-corrected chi connectivity index (χ4v) is 6.27. The number of amides is 3. The number of rotatable bonds is 7. The Morgan fingerprint density at radius 2 is 2.09 bits per heavy atom. The minimum Gasteiger partial charge on any atom is -0.477 e. The van der Waals surface area contributed by atoms with Crippen molar-refractivity contribution in [2.45, 2.75) is 62.5 Å². The predicted octanol–water partition coefficient (Wildman–Crippen LogP) is -2.12. The Labute approximate surface area is 188 Å². The second-order valence-electron chi connectivity index (χ2n) is 8.45. The molecule has 4 rings (SSSR count). The molecule has 13 heteroatoms. The van der Waals surface area contributed by atoms with Gasteiger partial charge in [-0.3, -0.25) is 19.7 Å². The van der Waals surface area contributed by atoms with Crippen LogP contribution in [0, 0.1) is 11.8 Å². The van der Waals surface area contributed by atoms with Crippen LogP contribution >= 0.6 is 11.8 Å². The number of primary amides is 1. The van der Waals surface area contributed by atoms with Crippen molar-refractivity contribution in [1.82, 2.24) is 20.9 Å². The van der Waals surface area contributed by atoms with Crippen LogP contribution in [0.2, 0.25) is 0 Å². The number of aliphatic imine (C=N–C) groups is 1. The molecule has 0 aromatic rings. The van der Waals surface area contributed by atoms with Crippen molar-refractivity contribution in [2.75, 3.05) is 0 Å². The van der Waals surface area contributed by atoms with Crippen LogP contribution in [0.5, 0.6) is 0 Å². The smallest absolute Gasteiger partial charge is 0.353 e. The van der Waals surface area contributed by atoms with Gasteiger partial charge in [-0.1, -0.05) is 6.92 Å². The molecule has 0 aromatic heterocycles. The molecule has 0 bridgehead atoms. The van der Waals surface area contributed by atoms with E-state index in [1.807, 2.05) is 6.92 Å². The van der Waals surface area contributed by atoms with E-state index in [1.54, 1.807) is 0 Å². The van der Waals surface area contributed by atoms with Gasteiger partial charge in [-0.15, -0.1) is 11.8 Å². The van der Waals surface area contributed by atoms with E-state index in [-0.39, 0.29) is 34.8 Å². The Bertz CT molecular complexity index is 922. The molecule has 4 heterocycles. The van der Waals surface area contributed by atoms with Gasteiger partial charge in [-0.25, -0.2) is 9.79 Å². The fraction of sp³-hybridized carbons (Fsp3) is 0.632. The van der Waals surface area contributed by atoms with Gasteiger partial charge in [0.1, 0.15) is 11.7 Å². The highest BCUT2D eigenvalue weighted by atomic mass is 32.2. The summed E-state index contributed by atoms with van der Waals surface area (Å²) in [5, 5.41) is 28.0. The first-order chi connectivity index (χ1) is 15.1. The molecule has 8 atom stereocenters. The molecule has 4 aliphatic heterocycles. The van der Waals surface area contributed by atoms with Gasteiger partial charge in [0.15, 0.2) is 6.17 Å². The largest absolute Gasteiger partial charge is 0.477 e. The lowest BCUT2D eigenvalue weighted by atomic mass is 9.79. The van der Waals surface area contributed by atoms with Gasteiger partial charge in [0.05, 0.1) is 35.8 Å². The van der Waals surface area contributed by atoms with E-state index in [1.165, 1.54) is 29.9 Å². The molecule has 0 aliphatic carbocycles. The van der Waals surface area contributed by atoms with Crippen molar-refractivity contribution in [3.63, 3.8) is 0 Å². The number of carboxylic acids is 1. The van der Waals surface area contributed by atoms with Crippen molar-refractivity contribution in [3.8, 4) is 0 Å². The number of hydrogen-bond acceptors (Lipinski definition) is 9. The summed E-state index contributed by atoms with van der Waals surface area (Å²) >= 11 is 1.31. The molecule has 0 spiro atoms. The zero-order valence-electron chi connectivity index (χ0n) is 17.5. The van der Waals surface area contributed by atoms with Crippen LogP contribution in [-0.4, -0.2) is 80.9 Å². The third kappa shape index (κ3) is 3.63. The first-order valence-corrected chi connectivity index (χ1v) is 11.3. The number of aliphatic hydroxyl groups excluding tert-OH is 1. The van der Waals surface area contributed by atoms with E-state index in [4.69, 9.17) is 5.73 Å². The lowest BCUT2D eigenvalue weighted by Gasteiger charge is -2.46. The summed E-state index contributed by atoms with van der Waals surface area (Å²) in [5.41, 5.74) is 5.26. The topological polar surface area (TPSA) is 186 Å². The van der Waals surface area contributed by atoms with Gasteiger partial charge in [-0.2, -0.15) is 0 Å². The molecule has 7 N–H and O–H groups in total. The number of aliphatic carboxylic acids is 1. The highest BCUT2D eigenvalue weighted by Crippen LogP contribution is 2.51. The van der Waals surface area contributed by atoms with Crippen LogP contribution in [0.3, 0.4) is 0 Å². The molecule has 12 nitrogen and oxygen atoms in total. The maximum absolute atomic E-state index is 12.6. The summed E-state index contributed by atoms with van der Waals surface area (Å²) in [4.78, 5) is 54.3. The van der Waals surface area contributed by atoms with Gasteiger partial charge >= 0.3 is 5.97 Å². The second-order valence-corrected chi connectivity index (χ2v) is 9.70. The quantitative estimate of drug-likeness (QED) is 0.228. The Balaban J connectivity index is 1.41. The number of nitrogens with one attached hydrogen (secondary N) is 3. The summed E-state index contributed by atoms with van der Waals surface area (Å²) in [7, 11) is 0. The van der Waals surface area contributed by atoms with E-state index in [0.717, 1.165) is 0 Å². The van der Waals surface area contributed by atoms with Crippen molar-refractivity contribution < 1.29 is 29.4 Å². The number of nitrogens with zero attached hydrogens (tertiary/aromatic N) is 2. The Hall–Kier alpha value is -2.64. The van der Waals surface area contributed by atoms with Gasteiger partial charge in [0, 0.05) is 10.8 Å². The third-order valence-electron chi connectivity index (χ3n) is 6.40. The van der Waals surface area contributed by atoms with Crippen LogP contribution in [-0.2, 0) is 19.2 Å². The number of hydrogen-bond donors (Lipinski definition) is 6. The zero-order valence-corrected chi connectivity index (χ0v) is 18.3. The molecule has 32 heavy (non-hydrogen) atoms. The number of fused-ring (bicyclic) bond motifs is 1. The van der Waals surface area contributed by atoms with Crippen molar-refractivity contribution >= 4 is 41.8 Å². The summed E-state index contributed by atoms with van der Waals surface area (Å²) < 4.78 is 0. The number of carbonyl (C=O) groups excluding carboxylic acids is 3. The van der Waals surface area contributed by atoms with Crippen LogP contribution in [0.1, 0.15) is 26.7 Å². The SMILES string of the molecule is CC1C(S[C@H]2CC[C@@H](C(=O)NC3N=CNC3C(N)=O)N2)=C(C(=O)O)N2C(=O)C([C@@H](C)O)C12. The Morgan fingerprint density at radius 1 is 1.38 bits per heavy atom. The van der Waals surface area contributed by atoms with Crippen LogP contribution in [0.15, 0.2) is 15.6 Å². The minimum atomic E-state index is -1.18. The number of carboxylic acid groups (broad SMARTS) is 1. The van der Waals surface area contributed by atoms with Crippen molar-refractivity contribution in [2.24, 2.45) is 22.6 Å². The van der Waals surface area contributed by atoms with Gasteiger partial charge < -0.3 is 31.5 Å². The van der Waals surface area contributed by atoms with Crippen molar-refractivity contribution in [1.29, 1.82) is 0 Å². The Morgan fingerprint density at radius 3 is 2.72 bits per heavy atom. The number of thioether (sulfide) groups is 1. The van der Waals surface area contributed by atoms with Crippen LogP contribution < -0.4 is 21.7 Å². The molecule has 3 amide bonds. The zero-order chi connectivity index (χ0) is 23.3. The maximum Gasteiger partial charge on any atom is 0.353 e. The molecule has 2 fully saturated rings. The molecule has 0 aromatic carbocycles. The summed E-state index contributed by atoms with van der Waals surface area (Å²) in [6, 6.07) is -1.72. The molecule has 174 valence electrons. The average Bonchev–Trinajstić information content (AvgIpc) is 3.40. The third-order valence-corrected chi connectivity index (χ3v) is 7.88. The second kappa shape index (κ2) is 8.37. The van der Waals surface area contributed by atoms with Gasteiger partial charge in [0.25, 0.3) is 0 Å². The van der Waals surface area contributed by atoms with E-state index in [2.05, 4.69) is 20.9 Å². The number of nitrogens with two attached hydrogens (primary N) is 1. The first kappa shape index (κ1) is 22.6. The lowest BCUT2D eigenvalue weighted by Crippen LogP contribution is -2.63. The van der Waals surface area contributed by atoms with E-state index < -0.39 is 42.1 Å². The molecular formula is C19H26N6O6S. The fourth-order valence-electron chi connectivity index (χ4n) is 4.83. The van der Waals surface area contributed by atoms with Gasteiger partial charge in [0.2, 0.25) is 17.7 Å². The minimum absolute atomic E-state index is 0.0419. The predicted molar refractivity (Wildman–Crippen MR) is 114 cm³/mol. The summed E-state index contributed by atoms with van der Waals surface area (Å²) in [6.45, 7) is 3.39. The highest BCUT2D eigenvalue weighted by molar-refractivity contribution is 8.03.